The molecule has 0 atom stereocenters. The smallest absolute Gasteiger partial charge is 0.354 e. The van der Waals surface area contributed by atoms with Crippen molar-refractivity contribution in [3.8, 4) is 0 Å². The van der Waals surface area contributed by atoms with Crippen molar-refractivity contribution in [3.05, 3.63) is 63.2 Å². The first-order valence-electron chi connectivity index (χ1n) is 9.50. The number of rotatable bonds is 2. The van der Waals surface area contributed by atoms with Crippen LogP contribution in [0.15, 0.2) is 41.3 Å². The van der Waals surface area contributed by atoms with Crippen molar-refractivity contribution >= 4 is 34.1 Å². The number of halogens is 4. The molecule has 3 heterocycles. The van der Waals surface area contributed by atoms with Crippen LogP contribution >= 0.6 is 11.6 Å². The molecule has 2 aromatic heterocycles. The number of carbonyl (C=O) groups excluding carboxylic acids is 1. The summed E-state index contributed by atoms with van der Waals surface area (Å²) in [6.07, 6.45) is -3.21. The largest absolute Gasteiger partial charge is 0.417 e. The minimum absolute atomic E-state index is 0.0945. The zero-order valence-electron chi connectivity index (χ0n) is 16.1. The van der Waals surface area contributed by atoms with Crippen LogP contribution in [0.3, 0.4) is 0 Å². The Morgan fingerprint density at radius 2 is 1.84 bits per heavy atom. The minimum atomic E-state index is -4.52. The first-order valence-corrected chi connectivity index (χ1v) is 9.88. The number of fused-ring (bicyclic) bond motifs is 1. The van der Waals surface area contributed by atoms with Gasteiger partial charge < -0.3 is 9.80 Å². The topological polar surface area (TPSA) is 82.2 Å². The van der Waals surface area contributed by atoms with Crippen molar-refractivity contribution in [1.82, 2.24) is 20.1 Å². The number of aromatic nitrogens is 3. The number of aromatic amines is 1. The molecular formula is C20H17ClF3N5O2. The highest BCUT2D eigenvalue weighted by Crippen LogP contribution is 2.33. The third-order valence-corrected chi connectivity index (χ3v) is 5.41. The van der Waals surface area contributed by atoms with Crippen molar-refractivity contribution < 1.29 is 18.0 Å². The molecule has 1 saturated heterocycles. The van der Waals surface area contributed by atoms with Crippen LogP contribution in [-0.2, 0) is 6.18 Å². The first-order chi connectivity index (χ1) is 14.8. The van der Waals surface area contributed by atoms with E-state index in [1.54, 1.807) is 34.1 Å². The zero-order valence-corrected chi connectivity index (χ0v) is 16.9. The van der Waals surface area contributed by atoms with E-state index in [-0.39, 0.29) is 28.0 Å². The number of benzene rings is 1. The lowest BCUT2D eigenvalue weighted by Gasteiger charge is -2.24. The molecule has 1 aliphatic heterocycles. The van der Waals surface area contributed by atoms with E-state index in [0.717, 1.165) is 12.3 Å². The summed E-state index contributed by atoms with van der Waals surface area (Å²) in [5, 5.41) is 7.05. The average Bonchev–Trinajstić information content (AvgIpc) is 2.99. The van der Waals surface area contributed by atoms with Gasteiger partial charge in [-0.25, -0.2) is 10.1 Å². The maximum absolute atomic E-state index is 13.1. The summed E-state index contributed by atoms with van der Waals surface area (Å²) in [5.74, 6) is -0.0858. The number of amides is 1. The van der Waals surface area contributed by atoms with Gasteiger partial charge >= 0.3 is 6.18 Å². The second-order valence-electron chi connectivity index (χ2n) is 7.11. The molecule has 162 valence electrons. The van der Waals surface area contributed by atoms with E-state index < -0.39 is 11.7 Å². The molecular weight excluding hydrogens is 435 g/mol. The third-order valence-electron chi connectivity index (χ3n) is 5.13. The van der Waals surface area contributed by atoms with Gasteiger partial charge in [0.2, 0.25) is 0 Å². The molecule has 11 heteroatoms. The van der Waals surface area contributed by atoms with Crippen LogP contribution < -0.4 is 10.5 Å². The average molecular weight is 452 g/mol. The zero-order chi connectivity index (χ0) is 22.2. The van der Waals surface area contributed by atoms with Crippen LogP contribution in [0.25, 0.3) is 10.8 Å². The molecule has 1 fully saturated rings. The fourth-order valence-corrected chi connectivity index (χ4v) is 3.86. The molecule has 0 saturated carbocycles. The number of anilines is 1. The Bertz CT molecular complexity index is 1200. The lowest BCUT2D eigenvalue weighted by Crippen LogP contribution is -2.36. The number of nitrogens with one attached hydrogen (secondary N) is 1. The predicted octanol–water partition coefficient (Wildman–Crippen LogP) is 3.34. The van der Waals surface area contributed by atoms with Crippen LogP contribution in [0.2, 0.25) is 5.02 Å². The van der Waals surface area contributed by atoms with Crippen LogP contribution in [0.1, 0.15) is 22.5 Å². The van der Waals surface area contributed by atoms with Crippen LogP contribution in [0.4, 0.5) is 19.0 Å². The van der Waals surface area contributed by atoms with Gasteiger partial charge in [0.25, 0.3) is 11.5 Å². The molecule has 0 spiro atoms. The summed E-state index contributed by atoms with van der Waals surface area (Å²) in [7, 11) is 0. The second-order valence-corrected chi connectivity index (χ2v) is 7.51. The molecule has 1 aromatic carbocycles. The summed E-state index contributed by atoms with van der Waals surface area (Å²) in [5.41, 5.74) is -1.14. The standard InChI is InChI=1S/C20H17ClF3N5O2/c21-15-10-12(20(22,23)24)11-25-17(15)28-6-3-7-29(9-8-28)19(31)16-13-4-1-2-5-14(13)18(30)27-26-16/h1-2,4-5,10-11H,3,6-9H2,(H,27,30). The van der Waals surface area contributed by atoms with Crippen molar-refractivity contribution in [1.29, 1.82) is 0 Å². The van der Waals surface area contributed by atoms with Crippen LogP contribution in [0, 0.1) is 0 Å². The Hall–Kier alpha value is -3.14. The monoisotopic (exact) mass is 451 g/mol. The van der Waals surface area contributed by atoms with E-state index in [0.29, 0.717) is 43.4 Å². The van der Waals surface area contributed by atoms with Gasteiger partial charge in [0.05, 0.1) is 16.0 Å². The van der Waals surface area contributed by atoms with Gasteiger partial charge in [-0.2, -0.15) is 18.3 Å². The number of nitrogens with zero attached hydrogens (tertiary/aromatic N) is 4. The Morgan fingerprint density at radius 1 is 1.10 bits per heavy atom. The quantitative estimate of drug-likeness (QED) is 0.646. The SMILES string of the molecule is O=C(c1n[nH]c(=O)c2ccccc12)N1CCCN(c2ncc(C(F)(F)F)cc2Cl)CC1. The molecule has 4 rings (SSSR count). The van der Waals surface area contributed by atoms with Crippen LogP contribution in [-0.4, -0.2) is 52.2 Å². The molecule has 1 amide bonds. The fourth-order valence-electron chi connectivity index (χ4n) is 3.58. The Kier molecular flexibility index (Phi) is 5.57. The Balaban J connectivity index is 1.55. The van der Waals surface area contributed by atoms with Crippen molar-refractivity contribution in [2.24, 2.45) is 0 Å². The van der Waals surface area contributed by atoms with E-state index in [9.17, 15) is 22.8 Å². The molecule has 7 nitrogen and oxygen atoms in total. The van der Waals surface area contributed by atoms with E-state index in [1.165, 1.54) is 0 Å². The molecule has 0 bridgehead atoms. The molecule has 0 unspecified atom stereocenters. The van der Waals surface area contributed by atoms with E-state index in [1.807, 2.05) is 0 Å². The van der Waals surface area contributed by atoms with Gasteiger partial charge in [-0.15, -0.1) is 0 Å². The normalized spacial score (nSPS) is 15.2. The molecule has 0 radical (unpaired) electrons. The van der Waals surface area contributed by atoms with Gasteiger partial charge in [0, 0.05) is 37.8 Å². The number of H-pyrrole nitrogens is 1. The van der Waals surface area contributed by atoms with Gasteiger partial charge in [-0.3, -0.25) is 9.59 Å². The van der Waals surface area contributed by atoms with E-state index >= 15 is 0 Å². The van der Waals surface area contributed by atoms with Gasteiger partial charge in [0.1, 0.15) is 5.82 Å². The first kappa shape index (κ1) is 21.1. The number of pyridine rings is 1. The molecule has 1 N–H and O–H groups in total. The molecule has 3 aromatic rings. The van der Waals surface area contributed by atoms with Gasteiger partial charge in [0.15, 0.2) is 5.69 Å². The van der Waals surface area contributed by atoms with Crippen molar-refractivity contribution in [2.75, 3.05) is 31.1 Å². The maximum Gasteiger partial charge on any atom is 0.417 e. The Labute approximate surface area is 179 Å². The maximum atomic E-state index is 13.1. The van der Waals surface area contributed by atoms with E-state index in [2.05, 4.69) is 15.2 Å². The second kappa shape index (κ2) is 8.18. The third kappa shape index (κ3) is 4.20. The highest BCUT2D eigenvalue weighted by atomic mass is 35.5. The van der Waals surface area contributed by atoms with Crippen molar-refractivity contribution in [3.63, 3.8) is 0 Å². The van der Waals surface area contributed by atoms with Crippen molar-refractivity contribution in [2.45, 2.75) is 12.6 Å². The number of hydrogen-bond acceptors (Lipinski definition) is 5. The fraction of sp³-hybridized carbons (Fsp3) is 0.300. The van der Waals surface area contributed by atoms with Gasteiger partial charge in [-0.1, -0.05) is 29.8 Å². The number of hydrogen-bond donors (Lipinski definition) is 1. The summed E-state index contributed by atoms with van der Waals surface area (Å²) in [4.78, 5) is 32.3. The van der Waals surface area contributed by atoms with E-state index in [4.69, 9.17) is 11.6 Å². The molecule has 0 aliphatic carbocycles. The van der Waals surface area contributed by atoms with Gasteiger partial charge in [-0.05, 0) is 18.6 Å². The lowest BCUT2D eigenvalue weighted by atomic mass is 10.1. The highest BCUT2D eigenvalue weighted by Gasteiger charge is 2.32. The Morgan fingerprint density at radius 3 is 2.55 bits per heavy atom. The lowest BCUT2D eigenvalue weighted by molar-refractivity contribution is -0.137. The minimum Gasteiger partial charge on any atom is -0.354 e. The highest BCUT2D eigenvalue weighted by molar-refractivity contribution is 6.33. The molecule has 1 aliphatic rings. The summed E-state index contributed by atoms with van der Waals surface area (Å²) < 4.78 is 38.6. The molecule has 31 heavy (non-hydrogen) atoms. The predicted molar refractivity (Wildman–Crippen MR) is 109 cm³/mol. The number of alkyl halides is 3. The summed E-state index contributed by atoms with van der Waals surface area (Å²) in [6, 6.07) is 7.57. The summed E-state index contributed by atoms with van der Waals surface area (Å²) in [6.45, 7) is 1.53. The van der Waals surface area contributed by atoms with Crippen LogP contribution in [0.5, 0.6) is 0 Å². The number of carbonyl (C=O) groups is 1. The summed E-state index contributed by atoms with van der Waals surface area (Å²) >= 11 is 6.07.